The summed E-state index contributed by atoms with van der Waals surface area (Å²) in [5.74, 6) is 1.41. The third-order valence-corrected chi connectivity index (χ3v) is 4.36. The molecule has 160 valence electrons. The number of carbonyl (C=O) groups excluding carboxylic acids is 2. The molecule has 0 atom stereocenters. The van der Waals surface area contributed by atoms with Gasteiger partial charge in [0.1, 0.15) is 0 Å². The van der Waals surface area contributed by atoms with E-state index >= 15 is 0 Å². The second-order valence-electron chi connectivity index (χ2n) is 6.67. The van der Waals surface area contributed by atoms with E-state index in [1.54, 1.807) is 48.5 Å². The van der Waals surface area contributed by atoms with Crippen molar-refractivity contribution in [3.63, 3.8) is 0 Å². The Labute approximate surface area is 182 Å². The van der Waals surface area contributed by atoms with Crippen molar-refractivity contribution in [3.8, 4) is 12.3 Å². The molecular weight excluding hydrogens is 417 g/mol. The van der Waals surface area contributed by atoms with Gasteiger partial charge in [-0.2, -0.15) is 13.2 Å². The normalized spacial score (nSPS) is 11.1. The Kier molecular flexibility index (Phi) is 6.76. The van der Waals surface area contributed by atoms with E-state index in [0.29, 0.717) is 22.5 Å². The lowest BCUT2D eigenvalue weighted by Gasteiger charge is -2.09. The Morgan fingerprint density at radius 3 is 2.41 bits per heavy atom. The Balaban J connectivity index is 1.68. The monoisotopic (exact) mass is 434 g/mol. The number of alkyl halides is 3. The molecule has 3 rings (SSSR count). The van der Waals surface area contributed by atoms with Gasteiger partial charge in [0.15, 0.2) is 0 Å². The van der Waals surface area contributed by atoms with Crippen LogP contribution in [0.1, 0.15) is 27.0 Å². The van der Waals surface area contributed by atoms with Crippen LogP contribution in [-0.4, -0.2) is 11.8 Å². The molecule has 0 bridgehead atoms. The van der Waals surface area contributed by atoms with Gasteiger partial charge in [0.2, 0.25) is 5.91 Å². The summed E-state index contributed by atoms with van der Waals surface area (Å²) >= 11 is 0. The summed E-state index contributed by atoms with van der Waals surface area (Å²) in [6.45, 7) is 0. The van der Waals surface area contributed by atoms with Crippen molar-refractivity contribution >= 4 is 29.3 Å². The van der Waals surface area contributed by atoms with E-state index in [1.165, 1.54) is 24.3 Å². The van der Waals surface area contributed by atoms with Crippen molar-refractivity contribution in [2.75, 3.05) is 10.6 Å². The molecule has 32 heavy (non-hydrogen) atoms. The number of carbonyl (C=O) groups is 2. The number of terminal acetylenes is 1. The summed E-state index contributed by atoms with van der Waals surface area (Å²) in [6.07, 6.45) is 3.71. The van der Waals surface area contributed by atoms with Gasteiger partial charge in [-0.25, -0.2) is 0 Å². The van der Waals surface area contributed by atoms with E-state index in [0.717, 1.165) is 12.1 Å². The van der Waals surface area contributed by atoms with Crippen LogP contribution in [0.2, 0.25) is 0 Å². The van der Waals surface area contributed by atoms with E-state index in [4.69, 9.17) is 6.42 Å². The van der Waals surface area contributed by atoms with Crippen molar-refractivity contribution in [1.82, 2.24) is 0 Å². The first-order valence-corrected chi connectivity index (χ1v) is 9.39. The number of hydrogen-bond acceptors (Lipinski definition) is 2. The van der Waals surface area contributed by atoms with Gasteiger partial charge in [0.05, 0.1) is 11.3 Å². The summed E-state index contributed by atoms with van der Waals surface area (Å²) < 4.78 is 38.6. The first-order valence-electron chi connectivity index (χ1n) is 9.39. The predicted molar refractivity (Wildman–Crippen MR) is 118 cm³/mol. The predicted octanol–water partition coefficient (Wildman–Crippen LogP) is 5.59. The average molecular weight is 434 g/mol. The van der Waals surface area contributed by atoms with Crippen LogP contribution in [0, 0.1) is 12.3 Å². The van der Waals surface area contributed by atoms with Gasteiger partial charge in [0, 0.05) is 22.9 Å². The number of hydrogen-bond donors (Lipinski definition) is 2. The van der Waals surface area contributed by atoms with Gasteiger partial charge in [-0.3, -0.25) is 9.59 Å². The first-order chi connectivity index (χ1) is 15.3. The van der Waals surface area contributed by atoms with E-state index in [9.17, 15) is 22.8 Å². The van der Waals surface area contributed by atoms with E-state index in [-0.39, 0.29) is 5.56 Å². The number of para-hydroxylation sites is 1. The molecule has 0 radical (unpaired) electrons. The number of anilines is 2. The highest BCUT2D eigenvalue weighted by molar-refractivity contribution is 6.05. The molecule has 3 aromatic rings. The molecular formula is C25H17F3N2O2. The van der Waals surface area contributed by atoms with Crippen LogP contribution in [0.5, 0.6) is 0 Å². The molecule has 2 amide bonds. The van der Waals surface area contributed by atoms with Crippen LogP contribution < -0.4 is 10.6 Å². The highest BCUT2D eigenvalue weighted by Crippen LogP contribution is 2.29. The van der Waals surface area contributed by atoms with Crippen molar-refractivity contribution in [1.29, 1.82) is 0 Å². The first kappa shape index (κ1) is 22.4. The standard InChI is InChI=1S/C25H17F3N2O2/c1-2-18-8-3-4-12-22(18)30-23(31)14-13-17-7-5-11-21(15-17)29-24(32)19-9-6-10-20(16-19)25(26,27)28/h1,3-16H,(H,29,32)(H,30,31). The molecule has 3 aromatic carbocycles. The minimum atomic E-state index is -4.54. The quantitative estimate of drug-likeness (QED) is 0.406. The highest BCUT2D eigenvalue weighted by atomic mass is 19.4. The van der Waals surface area contributed by atoms with Crippen molar-refractivity contribution in [2.24, 2.45) is 0 Å². The molecule has 0 aliphatic rings. The molecule has 0 aromatic heterocycles. The Morgan fingerprint density at radius 2 is 1.66 bits per heavy atom. The molecule has 2 N–H and O–H groups in total. The number of benzene rings is 3. The maximum absolute atomic E-state index is 12.9. The molecule has 0 saturated carbocycles. The summed E-state index contributed by atoms with van der Waals surface area (Å²) in [5, 5.41) is 5.24. The van der Waals surface area contributed by atoms with Gasteiger partial charge in [-0.15, -0.1) is 6.42 Å². The fourth-order valence-electron chi connectivity index (χ4n) is 2.82. The summed E-state index contributed by atoms with van der Waals surface area (Å²) in [6, 6.07) is 17.6. The summed E-state index contributed by atoms with van der Waals surface area (Å²) in [5.41, 5.74) is 1.01. The third kappa shape index (κ3) is 5.86. The Bertz CT molecular complexity index is 1220. The second kappa shape index (κ2) is 9.67. The summed E-state index contributed by atoms with van der Waals surface area (Å²) in [4.78, 5) is 24.5. The molecule has 0 aliphatic carbocycles. The Hall–Kier alpha value is -4.31. The van der Waals surface area contributed by atoms with Gasteiger partial charge in [-0.1, -0.05) is 36.3 Å². The van der Waals surface area contributed by atoms with Crippen LogP contribution in [0.3, 0.4) is 0 Å². The number of nitrogens with one attached hydrogen (secondary N) is 2. The maximum atomic E-state index is 12.9. The number of halogens is 3. The van der Waals surface area contributed by atoms with Crippen LogP contribution in [0.4, 0.5) is 24.5 Å². The largest absolute Gasteiger partial charge is 0.416 e. The fraction of sp³-hybridized carbons (Fsp3) is 0.0400. The van der Waals surface area contributed by atoms with Crippen molar-refractivity contribution in [3.05, 3.63) is 101 Å². The highest BCUT2D eigenvalue weighted by Gasteiger charge is 2.30. The lowest BCUT2D eigenvalue weighted by atomic mass is 10.1. The van der Waals surface area contributed by atoms with Gasteiger partial charge in [-0.05, 0) is 54.1 Å². The average Bonchev–Trinajstić information content (AvgIpc) is 2.78. The zero-order chi connectivity index (χ0) is 23.1. The van der Waals surface area contributed by atoms with Crippen LogP contribution in [0.25, 0.3) is 6.08 Å². The van der Waals surface area contributed by atoms with Crippen molar-refractivity contribution < 1.29 is 22.8 Å². The molecule has 0 unspecified atom stereocenters. The van der Waals surface area contributed by atoms with Crippen LogP contribution in [0.15, 0.2) is 78.9 Å². The second-order valence-corrected chi connectivity index (χ2v) is 6.67. The molecule has 0 saturated heterocycles. The SMILES string of the molecule is C#Cc1ccccc1NC(=O)C=Cc1cccc(NC(=O)c2cccc(C(F)(F)F)c2)c1. The molecule has 4 nitrogen and oxygen atoms in total. The number of rotatable bonds is 5. The van der Waals surface area contributed by atoms with E-state index in [2.05, 4.69) is 16.6 Å². The fourth-order valence-corrected chi connectivity index (χ4v) is 2.82. The zero-order valence-electron chi connectivity index (χ0n) is 16.6. The maximum Gasteiger partial charge on any atom is 0.416 e. The Morgan fingerprint density at radius 1 is 0.906 bits per heavy atom. The lowest BCUT2D eigenvalue weighted by Crippen LogP contribution is -2.14. The zero-order valence-corrected chi connectivity index (χ0v) is 16.6. The summed E-state index contributed by atoms with van der Waals surface area (Å²) in [7, 11) is 0. The van der Waals surface area contributed by atoms with Crippen molar-refractivity contribution in [2.45, 2.75) is 6.18 Å². The lowest BCUT2D eigenvalue weighted by molar-refractivity contribution is -0.137. The molecule has 7 heteroatoms. The number of amides is 2. The topological polar surface area (TPSA) is 58.2 Å². The van der Waals surface area contributed by atoms with Gasteiger partial charge < -0.3 is 10.6 Å². The van der Waals surface area contributed by atoms with E-state index < -0.39 is 23.6 Å². The van der Waals surface area contributed by atoms with Gasteiger partial charge in [0.25, 0.3) is 5.91 Å². The minimum Gasteiger partial charge on any atom is -0.322 e. The third-order valence-electron chi connectivity index (χ3n) is 4.36. The minimum absolute atomic E-state index is 0.118. The molecule has 0 aliphatic heterocycles. The van der Waals surface area contributed by atoms with Crippen LogP contribution >= 0.6 is 0 Å². The van der Waals surface area contributed by atoms with E-state index in [1.807, 2.05) is 0 Å². The van der Waals surface area contributed by atoms with Crippen LogP contribution in [-0.2, 0) is 11.0 Å². The van der Waals surface area contributed by atoms with Gasteiger partial charge >= 0.3 is 6.18 Å². The molecule has 0 fully saturated rings. The molecule has 0 heterocycles. The smallest absolute Gasteiger partial charge is 0.322 e. The molecule has 0 spiro atoms.